The van der Waals surface area contributed by atoms with Crippen LogP contribution in [0.1, 0.15) is 58.8 Å². The molecule has 0 bridgehead atoms. The minimum atomic E-state index is -0.918. The zero-order valence-corrected chi connectivity index (χ0v) is 14.6. The molecule has 23 heavy (non-hydrogen) atoms. The Morgan fingerprint density at radius 1 is 1.26 bits per heavy atom. The molecule has 0 saturated heterocycles. The third kappa shape index (κ3) is 2.16. The third-order valence-electron chi connectivity index (χ3n) is 7.60. The van der Waals surface area contributed by atoms with Crippen molar-refractivity contribution in [3.63, 3.8) is 0 Å². The highest BCUT2D eigenvalue weighted by atomic mass is 16.5. The number of hydrogen-bond acceptors (Lipinski definition) is 3. The van der Waals surface area contributed by atoms with Gasteiger partial charge in [0.2, 0.25) is 0 Å². The van der Waals surface area contributed by atoms with Gasteiger partial charge in [0, 0.05) is 6.42 Å². The molecule has 128 valence electrons. The normalized spacial score (nSPS) is 49.2. The molecule has 0 aromatic carbocycles. The van der Waals surface area contributed by atoms with E-state index in [0.29, 0.717) is 17.8 Å². The Kier molecular flexibility index (Phi) is 3.48. The van der Waals surface area contributed by atoms with Crippen molar-refractivity contribution in [3.8, 4) is 0 Å². The van der Waals surface area contributed by atoms with Crippen molar-refractivity contribution in [1.29, 1.82) is 0 Å². The van der Waals surface area contributed by atoms with E-state index in [0.717, 1.165) is 31.4 Å². The van der Waals surface area contributed by atoms with E-state index in [2.05, 4.69) is 13.0 Å². The van der Waals surface area contributed by atoms with E-state index in [1.807, 2.05) is 6.92 Å². The van der Waals surface area contributed by atoms with Gasteiger partial charge in [0.15, 0.2) is 0 Å². The summed E-state index contributed by atoms with van der Waals surface area (Å²) in [6.45, 7) is 4.05. The van der Waals surface area contributed by atoms with E-state index < -0.39 is 11.7 Å². The summed E-state index contributed by atoms with van der Waals surface area (Å²) < 4.78 is 5.46. The molecule has 2 N–H and O–H groups in total. The molecule has 0 aromatic rings. The lowest BCUT2D eigenvalue weighted by Crippen LogP contribution is -2.47. The summed E-state index contributed by atoms with van der Waals surface area (Å²) in [6, 6.07) is 0. The van der Waals surface area contributed by atoms with Gasteiger partial charge < -0.3 is 14.9 Å². The van der Waals surface area contributed by atoms with Gasteiger partial charge in [0.1, 0.15) is 0 Å². The minimum Gasteiger partial charge on any atom is -0.501 e. The van der Waals surface area contributed by atoms with Crippen LogP contribution in [-0.4, -0.2) is 29.0 Å². The maximum atomic E-state index is 10.7. The van der Waals surface area contributed by atoms with E-state index in [4.69, 9.17) is 4.74 Å². The molecular formula is C20H30O3. The first kappa shape index (κ1) is 15.7. The Morgan fingerprint density at radius 3 is 2.78 bits per heavy atom. The molecule has 0 aromatic heterocycles. The van der Waals surface area contributed by atoms with Gasteiger partial charge in [-0.25, -0.2) is 0 Å². The number of aliphatic hydroxyl groups is 2. The zero-order chi connectivity index (χ0) is 16.4. The highest BCUT2D eigenvalue weighted by Crippen LogP contribution is 2.63. The van der Waals surface area contributed by atoms with Gasteiger partial charge in [-0.3, -0.25) is 0 Å². The second-order valence-electron chi connectivity index (χ2n) is 8.81. The van der Waals surface area contributed by atoms with Crippen LogP contribution in [0, 0.1) is 23.2 Å². The van der Waals surface area contributed by atoms with Crippen LogP contribution in [0.5, 0.6) is 0 Å². The Balaban J connectivity index is 1.63. The molecule has 4 rings (SSSR count). The lowest BCUT2D eigenvalue weighted by molar-refractivity contribution is -0.0922. The number of fused-ring (bicyclic) bond motifs is 4. The summed E-state index contributed by atoms with van der Waals surface area (Å²) in [5.41, 5.74) is 2.24. The van der Waals surface area contributed by atoms with E-state index in [1.165, 1.54) is 19.3 Å². The molecule has 0 radical (unpaired) electrons. The highest BCUT2D eigenvalue weighted by Gasteiger charge is 2.61. The standard InChI is InChI=1S/C20H30O3/c1-19-9-8-15-14-7-5-13(23-3)10-12(14)4-6-16(15)17(19)11-20(2,22)18(19)21/h5,15-18,21-22H,4,6-11H2,1-3H3/t15-,16-,17+,18+,19+,20+/m1/s1. The van der Waals surface area contributed by atoms with Crippen molar-refractivity contribution < 1.29 is 14.9 Å². The fraction of sp³-hybridized carbons (Fsp3) is 0.800. The Bertz CT molecular complexity index is 573. The first-order chi connectivity index (χ1) is 10.9. The molecule has 0 amide bonds. The lowest BCUT2D eigenvalue weighted by atomic mass is 9.54. The van der Waals surface area contributed by atoms with Gasteiger partial charge >= 0.3 is 0 Å². The first-order valence-electron chi connectivity index (χ1n) is 9.21. The van der Waals surface area contributed by atoms with Gasteiger partial charge in [0.05, 0.1) is 24.6 Å². The molecule has 4 aliphatic carbocycles. The summed E-state index contributed by atoms with van der Waals surface area (Å²) in [7, 11) is 1.77. The smallest absolute Gasteiger partial charge is 0.0959 e. The fourth-order valence-corrected chi connectivity index (χ4v) is 6.38. The average molecular weight is 318 g/mol. The minimum absolute atomic E-state index is 0.106. The van der Waals surface area contributed by atoms with Crippen LogP contribution in [-0.2, 0) is 4.74 Å². The molecule has 0 unspecified atom stereocenters. The van der Waals surface area contributed by atoms with Crippen LogP contribution in [0.25, 0.3) is 0 Å². The van der Waals surface area contributed by atoms with Crippen LogP contribution < -0.4 is 0 Å². The van der Waals surface area contributed by atoms with Gasteiger partial charge in [-0.1, -0.05) is 18.1 Å². The van der Waals surface area contributed by atoms with Crippen molar-refractivity contribution in [2.75, 3.05) is 7.11 Å². The Labute approximate surface area is 139 Å². The van der Waals surface area contributed by atoms with E-state index in [-0.39, 0.29) is 5.41 Å². The quantitative estimate of drug-likeness (QED) is 0.727. The highest BCUT2D eigenvalue weighted by molar-refractivity contribution is 5.33. The van der Waals surface area contributed by atoms with Gasteiger partial charge in [0.25, 0.3) is 0 Å². The number of allylic oxidation sites excluding steroid dienone is 3. The summed E-state index contributed by atoms with van der Waals surface area (Å²) in [6.07, 6.45) is 9.06. The van der Waals surface area contributed by atoms with Crippen LogP contribution >= 0.6 is 0 Å². The first-order valence-corrected chi connectivity index (χ1v) is 9.21. The molecule has 6 atom stereocenters. The molecule has 2 fully saturated rings. The second-order valence-corrected chi connectivity index (χ2v) is 8.81. The van der Waals surface area contributed by atoms with Crippen LogP contribution in [0.15, 0.2) is 23.0 Å². The molecule has 0 heterocycles. The Hall–Kier alpha value is -0.800. The fourth-order valence-electron chi connectivity index (χ4n) is 6.38. The van der Waals surface area contributed by atoms with Gasteiger partial charge in [-0.2, -0.15) is 0 Å². The van der Waals surface area contributed by atoms with Crippen molar-refractivity contribution in [1.82, 2.24) is 0 Å². The second kappa shape index (κ2) is 5.10. The molecule has 4 aliphatic rings. The third-order valence-corrected chi connectivity index (χ3v) is 7.60. The van der Waals surface area contributed by atoms with Crippen LogP contribution in [0.4, 0.5) is 0 Å². The molecule has 0 spiro atoms. The molecule has 2 saturated carbocycles. The summed E-state index contributed by atoms with van der Waals surface area (Å²) >= 11 is 0. The van der Waals surface area contributed by atoms with Crippen molar-refractivity contribution >= 4 is 0 Å². The van der Waals surface area contributed by atoms with E-state index in [1.54, 1.807) is 18.3 Å². The molecule has 0 aliphatic heterocycles. The number of rotatable bonds is 1. The van der Waals surface area contributed by atoms with Crippen molar-refractivity contribution in [3.05, 3.63) is 23.0 Å². The molecule has 3 heteroatoms. The predicted molar refractivity (Wildman–Crippen MR) is 89.6 cm³/mol. The lowest BCUT2D eigenvalue weighted by Gasteiger charge is -2.51. The maximum Gasteiger partial charge on any atom is 0.0959 e. The summed E-state index contributed by atoms with van der Waals surface area (Å²) in [4.78, 5) is 0. The van der Waals surface area contributed by atoms with E-state index in [9.17, 15) is 10.2 Å². The van der Waals surface area contributed by atoms with Crippen LogP contribution in [0.2, 0.25) is 0 Å². The molecule has 3 nitrogen and oxygen atoms in total. The maximum absolute atomic E-state index is 10.7. The van der Waals surface area contributed by atoms with Crippen molar-refractivity contribution in [2.24, 2.45) is 23.2 Å². The number of hydrogen-bond donors (Lipinski definition) is 2. The van der Waals surface area contributed by atoms with Crippen LogP contribution in [0.3, 0.4) is 0 Å². The number of methoxy groups -OCH3 is 1. The van der Waals surface area contributed by atoms with E-state index >= 15 is 0 Å². The van der Waals surface area contributed by atoms with Crippen molar-refractivity contribution in [2.45, 2.75) is 70.5 Å². The monoisotopic (exact) mass is 318 g/mol. The summed E-state index contributed by atoms with van der Waals surface area (Å²) in [5, 5.41) is 21.4. The van der Waals surface area contributed by atoms with Gasteiger partial charge in [-0.05, 0) is 74.7 Å². The zero-order valence-electron chi connectivity index (χ0n) is 14.6. The topological polar surface area (TPSA) is 49.7 Å². The Morgan fingerprint density at radius 2 is 2.04 bits per heavy atom. The SMILES string of the molecule is COC1=CCC2=C(CC[C@@H]3[C@@H]2CC[C@@]2(C)[C@H]3C[C@](C)(O)[C@H]2O)C1. The average Bonchev–Trinajstić information content (AvgIpc) is 2.73. The van der Waals surface area contributed by atoms with Gasteiger partial charge in [-0.15, -0.1) is 0 Å². The number of ether oxygens (including phenoxy) is 1. The molecular weight excluding hydrogens is 288 g/mol. The number of aliphatic hydroxyl groups excluding tert-OH is 1. The largest absolute Gasteiger partial charge is 0.501 e. The predicted octanol–water partition coefficient (Wildman–Crippen LogP) is 3.57. The summed E-state index contributed by atoms with van der Waals surface area (Å²) in [5.74, 6) is 2.87.